The number of pyridine rings is 2. The van der Waals surface area contributed by atoms with Crippen LogP contribution in [0.3, 0.4) is 0 Å². The van der Waals surface area contributed by atoms with Crippen LogP contribution in [-0.4, -0.2) is 64.8 Å². The van der Waals surface area contributed by atoms with Crippen molar-refractivity contribution >= 4 is 39.6 Å². The van der Waals surface area contributed by atoms with Crippen molar-refractivity contribution in [1.29, 1.82) is 0 Å². The molecule has 1 fully saturated rings. The number of anilines is 1. The predicted molar refractivity (Wildman–Crippen MR) is 133 cm³/mol. The van der Waals surface area contributed by atoms with Gasteiger partial charge in [-0.25, -0.2) is 9.97 Å². The van der Waals surface area contributed by atoms with Gasteiger partial charge in [0.2, 0.25) is 0 Å². The number of nitrogens with two attached hydrogens (primary N) is 1. The van der Waals surface area contributed by atoms with Crippen LogP contribution in [0.5, 0.6) is 0 Å². The number of primary amides is 1. The summed E-state index contributed by atoms with van der Waals surface area (Å²) < 4.78 is 0. The third-order valence-electron chi connectivity index (χ3n) is 6.02. The summed E-state index contributed by atoms with van der Waals surface area (Å²) in [5.74, 6) is 0.318. The number of fused-ring (bicyclic) bond motifs is 1. The molecule has 4 heterocycles. The SMILES string of the molecule is CN1CCN(c2cc(C(=O)Cc3cc4cc(-c5cnc(C(N)=O)s5)ccc4cn3)ccn2)CC1. The molecule has 1 aliphatic rings. The van der Waals surface area contributed by atoms with Gasteiger partial charge in [-0.1, -0.05) is 12.1 Å². The molecule has 0 unspecified atom stereocenters. The zero-order valence-corrected chi connectivity index (χ0v) is 19.6. The number of likely N-dealkylation sites (N-methyl/N-ethyl adjacent to an activating group) is 1. The number of rotatable bonds is 6. The Hall–Kier alpha value is -3.69. The second-order valence-electron chi connectivity index (χ2n) is 8.42. The fourth-order valence-corrected chi connectivity index (χ4v) is 4.79. The first kappa shape index (κ1) is 22.1. The Balaban J connectivity index is 1.35. The normalized spacial score (nSPS) is 14.4. The number of amides is 1. The average molecular weight is 473 g/mol. The molecule has 8 nitrogen and oxygen atoms in total. The van der Waals surface area contributed by atoms with Gasteiger partial charge in [0.05, 0.1) is 11.3 Å². The molecule has 2 N–H and O–H groups in total. The van der Waals surface area contributed by atoms with E-state index in [1.165, 1.54) is 11.3 Å². The number of carbonyl (C=O) groups is 2. The molecule has 9 heteroatoms. The van der Waals surface area contributed by atoms with Gasteiger partial charge in [0.15, 0.2) is 10.8 Å². The maximum absolute atomic E-state index is 13.0. The van der Waals surface area contributed by atoms with E-state index in [1.54, 1.807) is 24.7 Å². The van der Waals surface area contributed by atoms with Crippen molar-refractivity contribution in [3.05, 3.63) is 71.3 Å². The Bertz CT molecular complexity index is 1380. The van der Waals surface area contributed by atoms with E-state index in [0.29, 0.717) is 11.3 Å². The molecule has 3 aromatic heterocycles. The minimum atomic E-state index is -0.533. The average Bonchev–Trinajstić information content (AvgIpc) is 3.35. The van der Waals surface area contributed by atoms with Crippen molar-refractivity contribution in [2.45, 2.75) is 6.42 Å². The Labute approximate surface area is 201 Å². The number of piperazine rings is 1. The van der Waals surface area contributed by atoms with Crippen LogP contribution in [0.2, 0.25) is 0 Å². The smallest absolute Gasteiger partial charge is 0.277 e. The Morgan fingerprint density at radius 2 is 1.79 bits per heavy atom. The van der Waals surface area contributed by atoms with Crippen LogP contribution in [0, 0.1) is 0 Å². The van der Waals surface area contributed by atoms with Gasteiger partial charge in [0.25, 0.3) is 5.91 Å². The lowest BCUT2D eigenvalue weighted by molar-refractivity contribution is 0.0986. The van der Waals surface area contributed by atoms with E-state index in [4.69, 9.17) is 5.73 Å². The molecular weight excluding hydrogens is 448 g/mol. The number of aromatic nitrogens is 3. The molecular formula is C25H24N6O2S. The van der Waals surface area contributed by atoms with Gasteiger partial charge in [-0.2, -0.15) is 0 Å². The van der Waals surface area contributed by atoms with Crippen LogP contribution in [0.25, 0.3) is 21.2 Å². The van der Waals surface area contributed by atoms with Gasteiger partial charge in [-0.3, -0.25) is 14.6 Å². The zero-order chi connectivity index (χ0) is 23.7. The highest BCUT2D eigenvalue weighted by Gasteiger charge is 2.17. The van der Waals surface area contributed by atoms with Crippen molar-refractivity contribution in [3.63, 3.8) is 0 Å². The second kappa shape index (κ2) is 9.28. The van der Waals surface area contributed by atoms with Gasteiger partial charge in [-0.15, -0.1) is 11.3 Å². The van der Waals surface area contributed by atoms with Crippen molar-refractivity contribution in [3.8, 4) is 10.4 Å². The molecule has 1 amide bonds. The number of hydrogen-bond donors (Lipinski definition) is 1. The third-order valence-corrected chi connectivity index (χ3v) is 7.08. The number of thiazole rings is 1. The standard InChI is InChI=1S/C25H24N6O2S/c1-30-6-8-31(9-7-30)23-12-16(4-5-27-23)21(32)13-20-11-19-10-17(2-3-18(19)14-28-20)22-15-29-25(34-22)24(26)33/h2-5,10-12,14-15H,6-9,13H2,1H3,(H2,26,33). The highest BCUT2D eigenvalue weighted by Crippen LogP contribution is 2.29. The predicted octanol–water partition coefficient (Wildman–Crippen LogP) is 3.03. The van der Waals surface area contributed by atoms with E-state index in [1.807, 2.05) is 30.3 Å². The third kappa shape index (κ3) is 4.66. The molecule has 0 spiro atoms. The van der Waals surface area contributed by atoms with Gasteiger partial charge in [0.1, 0.15) is 5.82 Å². The molecule has 0 radical (unpaired) electrons. The van der Waals surface area contributed by atoms with E-state index in [9.17, 15) is 9.59 Å². The number of ketones is 1. The van der Waals surface area contributed by atoms with Gasteiger partial charge in [0, 0.05) is 61.4 Å². The lowest BCUT2D eigenvalue weighted by Gasteiger charge is -2.33. The van der Waals surface area contributed by atoms with Crippen molar-refractivity contribution in [2.24, 2.45) is 5.73 Å². The van der Waals surface area contributed by atoms with E-state index in [0.717, 1.165) is 53.2 Å². The van der Waals surface area contributed by atoms with E-state index in [-0.39, 0.29) is 17.2 Å². The maximum Gasteiger partial charge on any atom is 0.277 e. The van der Waals surface area contributed by atoms with Crippen molar-refractivity contribution in [2.75, 3.05) is 38.1 Å². The number of Topliss-reactive ketones (excluding diaryl/α,β-unsaturated/α-hetero) is 1. The lowest BCUT2D eigenvalue weighted by atomic mass is 10.0. The van der Waals surface area contributed by atoms with Gasteiger partial charge in [-0.05, 0) is 42.3 Å². The van der Waals surface area contributed by atoms with Crippen LogP contribution < -0.4 is 10.6 Å². The van der Waals surface area contributed by atoms with Crippen LogP contribution >= 0.6 is 11.3 Å². The molecule has 1 aliphatic heterocycles. The fraction of sp³-hybridized carbons (Fsp3) is 0.240. The number of carbonyl (C=O) groups excluding carboxylic acids is 2. The summed E-state index contributed by atoms with van der Waals surface area (Å²) in [6, 6.07) is 11.5. The topological polar surface area (TPSA) is 105 Å². The van der Waals surface area contributed by atoms with Crippen LogP contribution in [0.15, 0.2) is 55.0 Å². The summed E-state index contributed by atoms with van der Waals surface area (Å²) in [5, 5.41) is 2.22. The molecule has 1 saturated heterocycles. The molecule has 34 heavy (non-hydrogen) atoms. The summed E-state index contributed by atoms with van der Waals surface area (Å²) in [6.45, 7) is 3.76. The highest BCUT2D eigenvalue weighted by atomic mass is 32.1. The Morgan fingerprint density at radius 3 is 2.56 bits per heavy atom. The maximum atomic E-state index is 13.0. The van der Waals surface area contributed by atoms with E-state index >= 15 is 0 Å². The number of hydrogen-bond acceptors (Lipinski definition) is 8. The molecule has 0 aliphatic carbocycles. The minimum Gasteiger partial charge on any atom is -0.364 e. The largest absolute Gasteiger partial charge is 0.364 e. The summed E-state index contributed by atoms with van der Waals surface area (Å²) in [7, 11) is 2.11. The molecule has 0 bridgehead atoms. The molecule has 0 atom stereocenters. The summed E-state index contributed by atoms with van der Waals surface area (Å²) in [6.07, 6.45) is 5.35. The first-order chi connectivity index (χ1) is 16.5. The summed E-state index contributed by atoms with van der Waals surface area (Å²) in [4.78, 5) is 42.8. The van der Waals surface area contributed by atoms with Gasteiger partial charge >= 0.3 is 0 Å². The van der Waals surface area contributed by atoms with Crippen LogP contribution in [-0.2, 0) is 6.42 Å². The lowest BCUT2D eigenvalue weighted by Crippen LogP contribution is -2.44. The van der Waals surface area contributed by atoms with E-state index < -0.39 is 5.91 Å². The van der Waals surface area contributed by atoms with Crippen LogP contribution in [0.4, 0.5) is 5.82 Å². The monoisotopic (exact) mass is 472 g/mol. The van der Waals surface area contributed by atoms with Crippen LogP contribution in [0.1, 0.15) is 25.9 Å². The second-order valence-corrected chi connectivity index (χ2v) is 9.46. The summed E-state index contributed by atoms with van der Waals surface area (Å²) in [5.41, 5.74) is 7.61. The first-order valence-corrected chi connectivity index (χ1v) is 11.9. The molecule has 0 saturated carbocycles. The molecule has 4 aromatic rings. The first-order valence-electron chi connectivity index (χ1n) is 11.0. The highest BCUT2D eigenvalue weighted by molar-refractivity contribution is 7.16. The summed E-state index contributed by atoms with van der Waals surface area (Å²) >= 11 is 1.26. The van der Waals surface area contributed by atoms with Crippen molar-refractivity contribution in [1.82, 2.24) is 19.9 Å². The Kier molecular flexibility index (Phi) is 6.04. The molecule has 1 aromatic carbocycles. The molecule has 172 valence electrons. The quantitative estimate of drug-likeness (QED) is 0.430. The fourth-order valence-electron chi connectivity index (χ4n) is 4.02. The van der Waals surface area contributed by atoms with Crippen molar-refractivity contribution < 1.29 is 9.59 Å². The molecule has 5 rings (SSSR count). The Morgan fingerprint density at radius 1 is 0.971 bits per heavy atom. The van der Waals surface area contributed by atoms with Gasteiger partial charge < -0.3 is 15.5 Å². The van der Waals surface area contributed by atoms with E-state index in [2.05, 4.69) is 31.8 Å². The number of benzene rings is 1. The number of nitrogens with zero attached hydrogens (tertiary/aromatic N) is 5. The zero-order valence-electron chi connectivity index (χ0n) is 18.8. The minimum absolute atomic E-state index is 0.00865.